The first-order valence-corrected chi connectivity index (χ1v) is 3.89. The normalized spacial score (nSPS) is 22.8. The smallest absolute Gasteiger partial charge is 0.115 e. The van der Waals surface area contributed by atoms with Crippen molar-refractivity contribution in [2.45, 2.75) is 25.3 Å². The first-order valence-electron chi connectivity index (χ1n) is 3.89. The third kappa shape index (κ3) is 1.24. The number of hydrogen-bond acceptors (Lipinski definition) is 3. The molecule has 0 aliphatic heterocycles. The summed E-state index contributed by atoms with van der Waals surface area (Å²) in [6, 6.07) is 0.313. The summed E-state index contributed by atoms with van der Waals surface area (Å²) in [6.45, 7) is 0. The maximum atomic E-state index is 5.79. The number of rotatable bonds is 0. The summed E-state index contributed by atoms with van der Waals surface area (Å²) in [5.74, 6) is 0. The van der Waals surface area contributed by atoms with Gasteiger partial charge in [0.2, 0.25) is 0 Å². The van der Waals surface area contributed by atoms with E-state index < -0.39 is 0 Å². The fourth-order valence-corrected chi connectivity index (χ4v) is 1.49. The van der Waals surface area contributed by atoms with E-state index in [1.165, 1.54) is 11.3 Å². The minimum Gasteiger partial charge on any atom is -0.327 e. The number of hydrogen-bond donors (Lipinski definition) is 1. The lowest BCUT2D eigenvalue weighted by molar-refractivity contribution is 0.563. The number of fused-ring (bicyclic) bond motifs is 1. The molecule has 0 amide bonds. The average molecular weight is 149 g/mol. The van der Waals surface area contributed by atoms with Gasteiger partial charge in [-0.25, -0.2) is 9.97 Å². The molecule has 1 atom stereocenters. The quantitative estimate of drug-likeness (QED) is 0.577. The van der Waals surface area contributed by atoms with Crippen molar-refractivity contribution in [1.29, 1.82) is 0 Å². The van der Waals surface area contributed by atoms with Crippen molar-refractivity contribution in [3.8, 4) is 0 Å². The Morgan fingerprint density at radius 1 is 1.55 bits per heavy atom. The topological polar surface area (TPSA) is 51.8 Å². The fourth-order valence-electron chi connectivity index (χ4n) is 1.49. The van der Waals surface area contributed by atoms with Crippen LogP contribution in [0, 0.1) is 0 Å². The summed E-state index contributed by atoms with van der Waals surface area (Å²) >= 11 is 0. The highest BCUT2D eigenvalue weighted by Crippen LogP contribution is 2.16. The molecule has 1 aliphatic carbocycles. The Balaban J connectivity index is 2.34. The van der Waals surface area contributed by atoms with E-state index in [0.717, 1.165) is 19.3 Å². The second-order valence-electron chi connectivity index (χ2n) is 3.00. The molecule has 0 radical (unpaired) electrons. The van der Waals surface area contributed by atoms with Crippen LogP contribution >= 0.6 is 0 Å². The monoisotopic (exact) mass is 149 g/mol. The second kappa shape index (κ2) is 2.58. The highest BCUT2D eigenvalue weighted by atomic mass is 14.8. The van der Waals surface area contributed by atoms with E-state index in [4.69, 9.17) is 5.73 Å². The van der Waals surface area contributed by atoms with Crippen molar-refractivity contribution >= 4 is 0 Å². The van der Waals surface area contributed by atoms with E-state index in [1.54, 1.807) is 6.33 Å². The van der Waals surface area contributed by atoms with Crippen molar-refractivity contribution in [3.63, 3.8) is 0 Å². The van der Waals surface area contributed by atoms with Gasteiger partial charge < -0.3 is 5.73 Å². The summed E-state index contributed by atoms with van der Waals surface area (Å²) in [7, 11) is 0. The molecule has 1 heterocycles. The lowest BCUT2D eigenvalue weighted by Gasteiger charge is -2.18. The van der Waals surface area contributed by atoms with Crippen molar-refractivity contribution in [1.82, 2.24) is 9.97 Å². The van der Waals surface area contributed by atoms with Gasteiger partial charge in [0.05, 0.1) is 0 Å². The Labute approximate surface area is 65.7 Å². The zero-order chi connectivity index (χ0) is 7.68. The molecule has 0 aromatic carbocycles. The van der Waals surface area contributed by atoms with Crippen LogP contribution in [0.4, 0.5) is 0 Å². The molecule has 0 fully saturated rings. The van der Waals surface area contributed by atoms with Gasteiger partial charge in [0.1, 0.15) is 6.33 Å². The van der Waals surface area contributed by atoms with Gasteiger partial charge in [-0.1, -0.05) is 0 Å². The summed E-state index contributed by atoms with van der Waals surface area (Å²) < 4.78 is 0. The van der Waals surface area contributed by atoms with E-state index >= 15 is 0 Å². The number of aryl methyl sites for hydroxylation is 1. The molecule has 11 heavy (non-hydrogen) atoms. The molecule has 2 N–H and O–H groups in total. The van der Waals surface area contributed by atoms with Crippen LogP contribution in [0.15, 0.2) is 12.5 Å². The first-order chi connectivity index (χ1) is 5.36. The third-order valence-corrected chi connectivity index (χ3v) is 2.12. The molecule has 3 heteroatoms. The van der Waals surface area contributed by atoms with Crippen molar-refractivity contribution in [2.24, 2.45) is 5.73 Å². The molecule has 1 aliphatic rings. The van der Waals surface area contributed by atoms with Crippen LogP contribution < -0.4 is 5.73 Å². The van der Waals surface area contributed by atoms with Crippen LogP contribution in [0.2, 0.25) is 0 Å². The molecule has 1 unspecified atom stereocenters. The number of nitrogens with two attached hydrogens (primary N) is 1. The van der Waals surface area contributed by atoms with Crippen molar-refractivity contribution < 1.29 is 0 Å². The Bertz CT molecular complexity index is 259. The van der Waals surface area contributed by atoms with Gasteiger partial charge in [0, 0.05) is 17.9 Å². The molecular formula is C8H11N3. The summed E-state index contributed by atoms with van der Waals surface area (Å²) in [6.07, 6.45) is 6.50. The van der Waals surface area contributed by atoms with Gasteiger partial charge in [-0.3, -0.25) is 0 Å². The van der Waals surface area contributed by atoms with Gasteiger partial charge in [0.25, 0.3) is 0 Å². The summed E-state index contributed by atoms with van der Waals surface area (Å²) in [4.78, 5) is 8.15. The lowest BCUT2D eigenvalue weighted by Crippen LogP contribution is -2.28. The van der Waals surface area contributed by atoms with Gasteiger partial charge in [-0.05, 0) is 24.8 Å². The molecular weight excluding hydrogens is 138 g/mol. The maximum Gasteiger partial charge on any atom is 0.115 e. The van der Waals surface area contributed by atoms with E-state index in [1.807, 2.05) is 6.20 Å². The fraction of sp³-hybridized carbons (Fsp3) is 0.500. The van der Waals surface area contributed by atoms with E-state index in [-0.39, 0.29) is 0 Å². The molecule has 3 nitrogen and oxygen atoms in total. The van der Waals surface area contributed by atoms with E-state index in [9.17, 15) is 0 Å². The summed E-state index contributed by atoms with van der Waals surface area (Å²) in [5.41, 5.74) is 8.20. The van der Waals surface area contributed by atoms with Crippen LogP contribution in [0.5, 0.6) is 0 Å². The molecule has 0 spiro atoms. The Kier molecular flexibility index (Phi) is 1.58. The van der Waals surface area contributed by atoms with Crippen LogP contribution in [0.1, 0.15) is 17.7 Å². The average Bonchev–Trinajstić information content (AvgIpc) is 2.04. The standard InChI is InChI=1S/C8H11N3/c9-7-1-2-8-6(3-7)4-10-5-11-8/h4-5,7H,1-3,9H2. The van der Waals surface area contributed by atoms with Gasteiger partial charge in [-0.2, -0.15) is 0 Å². The minimum absolute atomic E-state index is 0.313. The van der Waals surface area contributed by atoms with E-state index in [2.05, 4.69) is 9.97 Å². The molecule has 0 bridgehead atoms. The van der Waals surface area contributed by atoms with Gasteiger partial charge in [-0.15, -0.1) is 0 Å². The Hall–Kier alpha value is -0.960. The van der Waals surface area contributed by atoms with Crippen LogP contribution in [-0.2, 0) is 12.8 Å². The zero-order valence-electron chi connectivity index (χ0n) is 6.33. The Morgan fingerprint density at radius 2 is 2.45 bits per heavy atom. The minimum atomic E-state index is 0.313. The molecule has 2 rings (SSSR count). The van der Waals surface area contributed by atoms with Crippen LogP contribution in [0.25, 0.3) is 0 Å². The lowest BCUT2D eigenvalue weighted by atomic mass is 9.94. The predicted octanol–water partition coefficient (Wildman–Crippen LogP) is 0.293. The van der Waals surface area contributed by atoms with Crippen molar-refractivity contribution in [2.75, 3.05) is 0 Å². The predicted molar refractivity (Wildman–Crippen MR) is 42.0 cm³/mol. The van der Waals surface area contributed by atoms with Crippen LogP contribution in [-0.4, -0.2) is 16.0 Å². The van der Waals surface area contributed by atoms with Crippen molar-refractivity contribution in [3.05, 3.63) is 23.8 Å². The highest BCUT2D eigenvalue weighted by Gasteiger charge is 2.15. The van der Waals surface area contributed by atoms with Gasteiger partial charge in [0.15, 0.2) is 0 Å². The SMILES string of the molecule is NC1CCc2ncncc2C1. The second-order valence-corrected chi connectivity index (χ2v) is 3.00. The Morgan fingerprint density at radius 3 is 3.36 bits per heavy atom. The highest BCUT2D eigenvalue weighted by molar-refractivity contribution is 5.20. The van der Waals surface area contributed by atoms with Gasteiger partial charge >= 0.3 is 0 Å². The zero-order valence-corrected chi connectivity index (χ0v) is 6.33. The molecule has 0 saturated carbocycles. The number of nitrogens with zero attached hydrogens (tertiary/aromatic N) is 2. The molecule has 0 saturated heterocycles. The first kappa shape index (κ1) is 6.73. The summed E-state index contributed by atoms with van der Waals surface area (Å²) in [5, 5.41) is 0. The molecule has 58 valence electrons. The number of aromatic nitrogens is 2. The van der Waals surface area contributed by atoms with E-state index in [0.29, 0.717) is 6.04 Å². The van der Waals surface area contributed by atoms with Crippen LogP contribution in [0.3, 0.4) is 0 Å². The largest absolute Gasteiger partial charge is 0.327 e. The maximum absolute atomic E-state index is 5.79. The third-order valence-electron chi connectivity index (χ3n) is 2.12. The molecule has 1 aromatic rings. The molecule has 1 aromatic heterocycles.